The monoisotopic (exact) mass is 487 g/mol. The largest absolute Gasteiger partial charge is 0.353 e. The Bertz CT molecular complexity index is 1160. The Kier molecular flexibility index (Phi) is 7.56. The van der Waals surface area contributed by atoms with Gasteiger partial charge in [-0.1, -0.05) is 43.5 Å². The van der Waals surface area contributed by atoms with Gasteiger partial charge in [-0.25, -0.2) is 4.39 Å². The molecule has 2 heterocycles. The molecule has 1 amide bonds. The van der Waals surface area contributed by atoms with Crippen LogP contribution in [0, 0.1) is 18.7 Å². The van der Waals surface area contributed by atoms with Gasteiger partial charge < -0.3 is 9.47 Å². The molecule has 190 valence electrons. The number of benzene rings is 2. The molecule has 3 aromatic rings. The summed E-state index contributed by atoms with van der Waals surface area (Å²) >= 11 is 0. The number of carbonyl (C=O) groups is 1. The van der Waals surface area contributed by atoms with Gasteiger partial charge in [-0.05, 0) is 73.2 Å². The number of aromatic nitrogens is 1. The van der Waals surface area contributed by atoms with Gasteiger partial charge in [0.1, 0.15) is 5.82 Å². The average molecular weight is 488 g/mol. The molecular weight excluding hydrogens is 449 g/mol. The van der Waals surface area contributed by atoms with Crippen molar-refractivity contribution in [1.29, 1.82) is 0 Å². The van der Waals surface area contributed by atoms with Crippen molar-refractivity contribution in [2.75, 3.05) is 19.6 Å². The predicted molar refractivity (Wildman–Crippen MR) is 142 cm³/mol. The Morgan fingerprint density at radius 2 is 1.72 bits per heavy atom. The maximum atomic E-state index is 13.8. The lowest BCUT2D eigenvalue weighted by Gasteiger charge is -2.37. The lowest BCUT2D eigenvalue weighted by Crippen LogP contribution is -2.45. The number of hydrogen-bond acceptors (Lipinski definition) is 2. The van der Waals surface area contributed by atoms with Gasteiger partial charge >= 0.3 is 0 Å². The fraction of sp³-hybridized carbons (Fsp3) is 0.452. The Hall–Kier alpha value is -2.92. The van der Waals surface area contributed by atoms with Gasteiger partial charge in [-0.2, -0.15) is 0 Å². The first-order valence-corrected chi connectivity index (χ1v) is 13.4. The Morgan fingerprint density at radius 3 is 2.42 bits per heavy atom. The number of rotatable bonds is 7. The highest BCUT2D eigenvalue weighted by Gasteiger charge is 2.38. The zero-order chi connectivity index (χ0) is 25.1. The fourth-order valence-corrected chi connectivity index (χ4v) is 6.32. The summed E-state index contributed by atoms with van der Waals surface area (Å²) in [5.74, 6) is 0.463. The van der Waals surface area contributed by atoms with Gasteiger partial charge in [-0.3, -0.25) is 9.69 Å². The molecule has 2 fully saturated rings. The van der Waals surface area contributed by atoms with Crippen LogP contribution in [0.5, 0.6) is 0 Å². The second kappa shape index (κ2) is 11.0. The van der Waals surface area contributed by atoms with Crippen LogP contribution < -0.4 is 0 Å². The molecule has 5 rings (SSSR count). The van der Waals surface area contributed by atoms with Crippen LogP contribution >= 0.6 is 0 Å². The van der Waals surface area contributed by atoms with Crippen molar-refractivity contribution >= 4 is 5.91 Å². The summed E-state index contributed by atoms with van der Waals surface area (Å²) in [7, 11) is 2.11. The highest BCUT2D eigenvalue weighted by atomic mass is 19.1. The third-order valence-electron chi connectivity index (χ3n) is 8.34. The minimum absolute atomic E-state index is 0.0475. The molecule has 0 spiro atoms. The number of carbonyl (C=O) groups excluding carboxylic acids is 1. The molecule has 0 radical (unpaired) electrons. The van der Waals surface area contributed by atoms with Gasteiger partial charge in [0.25, 0.3) is 5.91 Å². The first-order chi connectivity index (χ1) is 17.5. The number of nitrogens with zero attached hydrogens (tertiary/aromatic N) is 3. The van der Waals surface area contributed by atoms with Gasteiger partial charge in [0.15, 0.2) is 0 Å². The number of likely N-dealkylation sites (tertiary alicyclic amines) is 1. The second-order valence-corrected chi connectivity index (χ2v) is 10.8. The molecule has 1 saturated carbocycles. The van der Waals surface area contributed by atoms with Crippen molar-refractivity contribution in [1.82, 2.24) is 14.4 Å². The summed E-state index contributed by atoms with van der Waals surface area (Å²) in [4.78, 5) is 18.5. The first-order valence-electron chi connectivity index (χ1n) is 13.4. The lowest BCUT2D eigenvalue weighted by molar-refractivity contribution is 0.0587. The highest BCUT2D eigenvalue weighted by molar-refractivity contribution is 5.94. The number of aryl methyl sites for hydroxylation is 2. The molecule has 1 saturated heterocycles. The molecule has 2 aliphatic rings. The van der Waals surface area contributed by atoms with E-state index in [0.29, 0.717) is 17.4 Å². The zero-order valence-electron chi connectivity index (χ0n) is 21.6. The molecule has 4 nitrogen and oxygen atoms in total. The van der Waals surface area contributed by atoms with Crippen LogP contribution in [0.4, 0.5) is 4.39 Å². The van der Waals surface area contributed by atoms with Gasteiger partial charge in [0.2, 0.25) is 0 Å². The number of halogens is 1. The van der Waals surface area contributed by atoms with Crippen LogP contribution in [0.1, 0.15) is 65.2 Å². The summed E-state index contributed by atoms with van der Waals surface area (Å²) in [5.41, 5.74) is 4.62. The predicted octanol–water partition coefficient (Wildman–Crippen LogP) is 6.16. The summed E-state index contributed by atoms with van der Waals surface area (Å²) in [5, 5.41) is 0. The molecule has 1 aromatic heterocycles. The molecule has 2 aromatic carbocycles. The number of hydrogen-bond donors (Lipinski definition) is 0. The van der Waals surface area contributed by atoms with Crippen LogP contribution in [0.3, 0.4) is 0 Å². The summed E-state index contributed by atoms with van der Waals surface area (Å²) in [6.07, 6.45) is 7.80. The Balaban J connectivity index is 1.43. The minimum atomic E-state index is -0.303. The summed E-state index contributed by atoms with van der Waals surface area (Å²) in [6.45, 7) is 5.81. The van der Waals surface area contributed by atoms with E-state index < -0.39 is 0 Å². The zero-order valence-corrected chi connectivity index (χ0v) is 21.6. The summed E-state index contributed by atoms with van der Waals surface area (Å²) in [6, 6.07) is 19.4. The highest BCUT2D eigenvalue weighted by Crippen LogP contribution is 2.37. The summed E-state index contributed by atoms with van der Waals surface area (Å²) < 4.78 is 15.8. The fourth-order valence-electron chi connectivity index (χ4n) is 6.32. The quantitative estimate of drug-likeness (QED) is 0.399. The van der Waals surface area contributed by atoms with Crippen LogP contribution in [0.2, 0.25) is 0 Å². The topological polar surface area (TPSA) is 28.5 Å². The molecule has 1 aliphatic heterocycles. The SMILES string of the molecule is Cc1ccccc1[C@@H]1CN(Cc2cccn2C)C[C@@H]1CN(C(=O)c1ccc(F)cc1)C1CCCCC1. The molecule has 0 unspecified atom stereocenters. The van der Waals surface area contributed by atoms with Crippen LogP contribution in [0.15, 0.2) is 66.9 Å². The molecular formula is C31H38FN3O. The molecule has 0 N–H and O–H groups in total. The standard InChI is InChI=1S/C31H38FN3O/c1-23-9-6-7-13-29(23)30-22-34(21-28-12-8-18-33(28)2)19-25(30)20-35(27-10-4-3-5-11-27)31(36)24-14-16-26(32)17-15-24/h6-9,12-18,25,27,30H,3-5,10-11,19-22H2,1-2H3/t25-,30-/m1/s1. The van der Waals surface area contributed by atoms with Crippen molar-refractivity contribution in [3.05, 3.63) is 95.1 Å². The van der Waals surface area contributed by atoms with E-state index >= 15 is 0 Å². The van der Waals surface area contributed by atoms with E-state index in [1.807, 2.05) is 0 Å². The van der Waals surface area contributed by atoms with Gasteiger partial charge in [-0.15, -0.1) is 0 Å². The van der Waals surface area contributed by atoms with Crippen LogP contribution in [-0.4, -0.2) is 46.0 Å². The smallest absolute Gasteiger partial charge is 0.254 e. The lowest BCUT2D eigenvalue weighted by atomic mass is 9.85. The average Bonchev–Trinajstić information content (AvgIpc) is 3.49. The second-order valence-electron chi connectivity index (χ2n) is 10.8. The Labute approximate surface area is 214 Å². The normalized spacial score (nSPS) is 21.1. The first kappa shape index (κ1) is 24.8. The van der Waals surface area contributed by atoms with Crippen molar-refractivity contribution < 1.29 is 9.18 Å². The Morgan fingerprint density at radius 1 is 0.972 bits per heavy atom. The molecule has 5 heteroatoms. The van der Waals surface area contributed by atoms with E-state index in [-0.39, 0.29) is 17.8 Å². The van der Waals surface area contributed by atoms with Gasteiger partial charge in [0.05, 0.1) is 0 Å². The molecule has 36 heavy (non-hydrogen) atoms. The van der Waals surface area contributed by atoms with E-state index in [1.54, 1.807) is 12.1 Å². The number of amides is 1. The van der Waals surface area contributed by atoms with E-state index in [0.717, 1.165) is 39.0 Å². The van der Waals surface area contributed by atoms with E-state index in [4.69, 9.17) is 0 Å². The maximum absolute atomic E-state index is 13.8. The van der Waals surface area contributed by atoms with Crippen molar-refractivity contribution in [2.24, 2.45) is 13.0 Å². The van der Waals surface area contributed by atoms with Crippen molar-refractivity contribution in [2.45, 2.75) is 57.5 Å². The molecule has 0 bridgehead atoms. The minimum Gasteiger partial charge on any atom is -0.353 e. The van der Waals surface area contributed by atoms with Crippen LogP contribution in [-0.2, 0) is 13.6 Å². The third kappa shape index (κ3) is 5.41. The van der Waals surface area contributed by atoms with Crippen LogP contribution in [0.25, 0.3) is 0 Å². The maximum Gasteiger partial charge on any atom is 0.254 e. The molecule has 2 atom stereocenters. The van der Waals surface area contributed by atoms with Crippen molar-refractivity contribution in [3.63, 3.8) is 0 Å². The van der Waals surface area contributed by atoms with Gasteiger partial charge in [0, 0.05) is 62.6 Å². The van der Waals surface area contributed by atoms with E-state index in [1.165, 1.54) is 48.2 Å². The van der Waals surface area contributed by atoms with E-state index in [2.05, 4.69) is 70.9 Å². The van der Waals surface area contributed by atoms with E-state index in [9.17, 15) is 9.18 Å². The van der Waals surface area contributed by atoms with Crippen molar-refractivity contribution in [3.8, 4) is 0 Å². The third-order valence-corrected chi connectivity index (χ3v) is 8.34. The molecule has 1 aliphatic carbocycles.